The number of nitrogens with zero attached hydrogens (tertiary/aromatic N) is 6. The van der Waals surface area contributed by atoms with Crippen LogP contribution >= 0.6 is 23.4 Å². The molecule has 4 heterocycles. The van der Waals surface area contributed by atoms with Gasteiger partial charge in [0, 0.05) is 78.2 Å². The molecule has 33 heavy (non-hydrogen) atoms. The van der Waals surface area contributed by atoms with Gasteiger partial charge in [-0.1, -0.05) is 23.4 Å². The van der Waals surface area contributed by atoms with Gasteiger partial charge in [-0.3, -0.25) is 9.69 Å². The van der Waals surface area contributed by atoms with Gasteiger partial charge in [-0.05, 0) is 42.7 Å². The molecule has 0 N–H and O–H groups in total. The first kappa shape index (κ1) is 21.9. The predicted octanol–water partition coefficient (Wildman–Crippen LogP) is 4.39. The molecule has 4 aromatic rings. The van der Waals surface area contributed by atoms with E-state index in [0.717, 1.165) is 65.5 Å². The van der Waals surface area contributed by atoms with Gasteiger partial charge < -0.3 is 9.47 Å². The fourth-order valence-electron chi connectivity index (χ4n) is 4.33. The summed E-state index contributed by atoms with van der Waals surface area (Å²) in [5.74, 6) is 0. The molecule has 1 aromatic carbocycles. The van der Waals surface area contributed by atoms with Crippen molar-refractivity contribution in [2.45, 2.75) is 11.3 Å². The fourth-order valence-corrected chi connectivity index (χ4v) is 4.82. The molecule has 1 unspecified atom stereocenters. The van der Waals surface area contributed by atoms with Crippen molar-refractivity contribution in [2.24, 2.45) is 0 Å². The average molecular weight is 479 g/mol. The zero-order valence-electron chi connectivity index (χ0n) is 18.1. The number of pyridine rings is 1. The van der Waals surface area contributed by atoms with E-state index in [4.69, 9.17) is 11.6 Å². The van der Waals surface area contributed by atoms with E-state index in [1.165, 1.54) is 11.8 Å². The first-order valence-corrected chi connectivity index (χ1v) is 12.3. The van der Waals surface area contributed by atoms with Crippen molar-refractivity contribution >= 4 is 46.4 Å². The summed E-state index contributed by atoms with van der Waals surface area (Å²) in [7, 11) is 0. The van der Waals surface area contributed by atoms with Crippen molar-refractivity contribution < 1.29 is 4.79 Å². The van der Waals surface area contributed by atoms with E-state index >= 15 is 0 Å². The number of thioether (sulfide) groups is 1. The number of aromatic nitrogens is 4. The lowest BCUT2D eigenvalue weighted by atomic mass is 10.1. The highest BCUT2D eigenvalue weighted by molar-refractivity contribution is 7.98. The molecular weight excluding hydrogens is 456 g/mol. The lowest BCUT2D eigenvalue weighted by Gasteiger charge is -2.39. The molecule has 1 atom stereocenters. The Kier molecular flexibility index (Phi) is 6.30. The summed E-state index contributed by atoms with van der Waals surface area (Å²) in [5.41, 5.74) is 3.86. The maximum Gasteiger partial charge on any atom is 0.187 e. The van der Waals surface area contributed by atoms with Gasteiger partial charge in [0.05, 0.1) is 0 Å². The molecular formula is C24H23ClN6OS. The minimum absolute atomic E-state index is 0.378. The Bertz CT molecular complexity index is 1270. The number of halogens is 1. The number of rotatable bonds is 6. The summed E-state index contributed by atoms with van der Waals surface area (Å²) in [6, 6.07) is 11.8. The zero-order valence-corrected chi connectivity index (χ0v) is 19.7. The Balaban J connectivity index is 1.37. The Hall–Kier alpha value is -2.94. The quantitative estimate of drug-likeness (QED) is 0.231. The van der Waals surface area contributed by atoms with Gasteiger partial charge in [-0.15, -0.1) is 0 Å². The molecule has 168 valence electrons. The summed E-state index contributed by atoms with van der Waals surface area (Å²) < 4.78 is 1.95. The summed E-state index contributed by atoms with van der Waals surface area (Å²) in [4.78, 5) is 29.9. The third-order valence-corrected chi connectivity index (χ3v) is 6.80. The van der Waals surface area contributed by atoms with Gasteiger partial charge in [0.25, 0.3) is 0 Å². The van der Waals surface area contributed by atoms with Crippen LogP contribution < -0.4 is 4.90 Å². The van der Waals surface area contributed by atoms with Gasteiger partial charge in [0.2, 0.25) is 0 Å². The topological polar surface area (TPSA) is 67.2 Å². The van der Waals surface area contributed by atoms with Crippen LogP contribution in [0.15, 0.2) is 66.3 Å². The smallest absolute Gasteiger partial charge is 0.187 e. The number of benzene rings is 1. The molecule has 1 fully saturated rings. The zero-order chi connectivity index (χ0) is 22.8. The highest BCUT2D eigenvalue weighted by atomic mass is 35.5. The van der Waals surface area contributed by atoms with Crippen LogP contribution in [0.25, 0.3) is 22.2 Å². The van der Waals surface area contributed by atoms with Crippen molar-refractivity contribution in [1.82, 2.24) is 24.4 Å². The van der Waals surface area contributed by atoms with Crippen LogP contribution in [0.1, 0.15) is 6.17 Å². The van der Waals surface area contributed by atoms with Gasteiger partial charge in [-0.25, -0.2) is 15.0 Å². The molecule has 9 heteroatoms. The summed E-state index contributed by atoms with van der Waals surface area (Å²) in [6.45, 7) is 3.07. The highest BCUT2D eigenvalue weighted by Gasteiger charge is 2.27. The van der Waals surface area contributed by atoms with Crippen molar-refractivity contribution in [3.05, 3.63) is 66.2 Å². The molecule has 3 aromatic heterocycles. The third kappa shape index (κ3) is 4.34. The number of hydrogen-bond donors (Lipinski definition) is 0. The van der Waals surface area contributed by atoms with E-state index < -0.39 is 0 Å². The normalized spacial score (nSPS) is 15.6. The molecule has 0 aliphatic carbocycles. The second kappa shape index (κ2) is 9.51. The number of anilines is 1. The first-order valence-electron chi connectivity index (χ1n) is 10.7. The molecule has 0 radical (unpaired) electrons. The molecule has 7 nitrogen and oxygen atoms in total. The van der Waals surface area contributed by atoms with E-state index in [2.05, 4.69) is 30.8 Å². The van der Waals surface area contributed by atoms with Crippen LogP contribution in [0.5, 0.6) is 0 Å². The highest BCUT2D eigenvalue weighted by Crippen LogP contribution is 2.34. The van der Waals surface area contributed by atoms with Crippen LogP contribution in [0, 0.1) is 0 Å². The minimum atomic E-state index is -0.378. The summed E-state index contributed by atoms with van der Waals surface area (Å²) in [5, 5.41) is 2.45. The second-order valence-electron chi connectivity index (χ2n) is 7.83. The largest absolute Gasteiger partial charge is 0.368 e. The molecule has 1 aliphatic heterocycles. The van der Waals surface area contributed by atoms with Crippen LogP contribution in [0.2, 0.25) is 5.02 Å². The van der Waals surface area contributed by atoms with Crippen molar-refractivity contribution in [3.63, 3.8) is 0 Å². The number of fused-ring (bicyclic) bond motifs is 1. The lowest BCUT2D eigenvalue weighted by Crippen LogP contribution is -2.49. The average Bonchev–Trinajstić information content (AvgIpc) is 3.29. The van der Waals surface area contributed by atoms with Crippen LogP contribution in [-0.4, -0.2) is 63.1 Å². The van der Waals surface area contributed by atoms with E-state index in [1.807, 2.05) is 59.7 Å². The minimum Gasteiger partial charge on any atom is -0.368 e. The van der Waals surface area contributed by atoms with Crippen LogP contribution in [0.3, 0.4) is 0 Å². The van der Waals surface area contributed by atoms with E-state index in [-0.39, 0.29) is 6.17 Å². The van der Waals surface area contributed by atoms with Gasteiger partial charge >= 0.3 is 0 Å². The number of piperazine rings is 1. The number of carbonyl (C=O) groups excluding carboxylic acids is 1. The summed E-state index contributed by atoms with van der Waals surface area (Å²) in [6.07, 6.45) is 9.97. The fraction of sp³-hybridized carbons (Fsp3) is 0.250. The Morgan fingerprint density at radius 3 is 2.58 bits per heavy atom. The SMILES string of the molecule is CSc1ncc(-c2cc(Cl)ccc2N2CCN(C(C=O)n3ccc4cccnc43)CC2)cn1. The van der Waals surface area contributed by atoms with Crippen molar-refractivity contribution in [1.29, 1.82) is 0 Å². The van der Waals surface area contributed by atoms with Crippen molar-refractivity contribution in [3.8, 4) is 11.1 Å². The Labute approximate surface area is 201 Å². The van der Waals surface area contributed by atoms with E-state index in [0.29, 0.717) is 5.02 Å². The number of carbonyl (C=O) groups is 1. The third-order valence-electron chi connectivity index (χ3n) is 5.99. The first-order chi connectivity index (χ1) is 16.2. The molecule has 1 saturated heterocycles. The molecule has 1 aliphatic rings. The predicted molar refractivity (Wildman–Crippen MR) is 133 cm³/mol. The molecule has 5 rings (SSSR count). The number of hydrogen-bond acceptors (Lipinski definition) is 7. The van der Waals surface area contributed by atoms with Crippen LogP contribution in [0.4, 0.5) is 5.69 Å². The standard InChI is InChI=1S/C24H23ClN6OS/c1-33-24-27-14-18(15-28-24)20-13-19(25)4-5-21(20)29-9-11-30(12-10-29)22(16-32)31-8-6-17-3-2-7-26-23(17)31/h2-8,13-16,22H,9-12H2,1H3. The van der Waals surface area contributed by atoms with Crippen LogP contribution in [-0.2, 0) is 4.79 Å². The number of aldehydes is 1. The van der Waals surface area contributed by atoms with Gasteiger partial charge in [0.15, 0.2) is 11.4 Å². The van der Waals surface area contributed by atoms with Gasteiger partial charge in [-0.2, -0.15) is 0 Å². The van der Waals surface area contributed by atoms with E-state index in [1.54, 1.807) is 6.20 Å². The second-order valence-corrected chi connectivity index (χ2v) is 9.04. The summed E-state index contributed by atoms with van der Waals surface area (Å²) >= 11 is 7.85. The molecule has 0 saturated carbocycles. The maximum atomic E-state index is 12.1. The van der Waals surface area contributed by atoms with E-state index in [9.17, 15) is 4.79 Å². The molecule has 0 spiro atoms. The molecule has 0 bridgehead atoms. The monoisotopic (exact) mass is 478 g/mol. The molecule has 0 amide bonds. The van der Waals surface area contributed by atoms with Gasteiger partial charge in [0.1, 0.15) is 11.8 Å². The Morgan fingerprint density at radius 2 is 1.85 bits per heavy atom. The van der Waals surface area contributed by atoms with Crippen molar-refractivity contribution in [2.75, 3.05) is 37.3 Å². The Morgan fingerprint density at radius 1 is 1.06 bits per heavy atom. The maximum absolute atomic E-state index is 12.1. The lowest BCUT2D eigenvalue weighted by molar-refractivity contribution is -0.115.